The summed E-state index contributed by atoms with van der Waals surface area (Å²) in [5.41, 5.74) is 13.6. The molecule has 4 heteroatoms. The molecule has 1 aliphatic rings. The van der Waals surface area contributed by atoms with Crippen molar-refractivity contribution in [1.82, 2.24) is 9.55 Å². The number of hydrogen-bond donors (Lipinski definition) is 0. The Morgan fingerprint density at radius 2 is 1.13 bits per heavy atom. The van der Waals surface area contributed by atoms with Crippen LogP contribution in [0.15, 0.2) is 156 Å². The molecule has 4 heterocycles. The van der Waals surface area contributed by atoms with Gasteiger partial charge >= 0.3 is 0 Å². The fraction of sp³-hybridized carbons (Fsp3) is 0. The normalized spacial score (nSPS) is 12.4. The Morgan fingerprint density at radius 3 is 1.98 bits per heavy atom. The summed E-state index contributed by atoms with van der Waals surface area (Å²) < 4.78 is 9.15. The van der Waals surface area contributed by atoms with E-state index in [0.717, 1.165) is 61.3 Å². The highest BCUT2D eigenvalue weighted by atomic mass is 16.3. The first-order valence-electron chi connectivity index (χ1n) is 15.2. The number of benzene rings is 6. The number of nitrogens with zero attached hydrogens (tertiary/aromatic N) is 3. The summed E-state index contributed by atoms with van der Waals surface area (Å²) in [5.74, 6) is 0. The summed E-state index contributed by atoms with van der Waals surface area (Å²) in [6, 6.07) is 53.6. The van der Waals surface area contributed by atoms with Crippen molar-refractivity contribution in [3.8, 4) is 28.1 Å². The Hall–Kier alpha value is -6.13. The number of rotatable bonds is 2. The number of pyridine rings is 1. The first-order chi connectivity index (χ1) is 22.4. The van der Waals surface area contributed by atoms with Crippen molar-refractivity contribution in [2.24, 2.45) is 0 Å². The van der Waals surface area contributed by atoms with Gasteiger partial charge in [0.1, 0.15) is 16.8 Å². The van der Waals surface area contributed by atoms with Crippen LogP contribution >= 0.6 is 0 Å². The summed E-state index contributed by atoms with van der Waals surface area (Å²) >= 11 is 0. The van der Waals surface area contributed by atoms with Crippen LogP contribution in [0.1, 0.15) is 0 Å². The fourth-order valence-corrected chi connectivity index (χ4v) is 7.27. The maximum Gasteiger partial charge on any atom is 0.178 e. The average Bonchev–Trinajstić information content (AvgIpc) is 3.61. The molecule has 0 spiro atoms. The van der Waals surface area contributed by atoms with Gasteiger partial charge in [-0.05, 0) is 48.5 Å². The molecule has 10 rings (SSSR count). The third-order valence-corrected chi connectivity index (χ3v) is 9.10. The topological polar surface area (TPSA) is 34.2 Å². The minimum absolute atomic E-state index is 0.780. The van der Waals surface area contributed by atoms with Gasteiger partial charge in [0.15, 0.2) is 5.58 Å². The summed E-state index contributed by atoms with van der Waals surface area (Å²) in [4.78, 5) is 7.56. The van der Waals surface area contributed by atoms with Crippen LogP contribution in [0.25, 0.3) is 71.9 Å². The predicted molar refractivity (Wildman–Crippen MR) is 185 cm³/mol. The lowest BCUT2D eigenvalue weighted by Crippen LogP contribution is -2.12. The highest BCUT2D eigenvalue weighted by Crippen LogP contribution is 2.56. The average molecular weight is 576 g/mol. The summed E-state index contributed by atoms with van der Waals surface area (Å²) in [5, 5.41) is 3.27. The summed E-state index contributed by atoms with van der Waals surface area (Å²) in [6.07, 6.45) is 0. The Morgan fingerprint density at radius 1 is 0.511 bits per heavy atom. The van der Waals surface area contributed by atoms with E-state index in [4.69, 9.17) is 9.40 Å². The molecule has 0 radical (unpaired) electrons. The van der Waals surface area contributed by atoms with Crippen LogP contribution in [0.3, 0.4) is 0 Å². The molecule has 0 N–H and O–H groups in total. The second-order valence-electron chi connectivity index (χ2n) is 11.5. The summed E-state index contributed by atoms with van der Waals surface area (Å²) in [6.45, 7) is 0. The second-order valence-corrected chi connectivity index (χ2v) is 11.5. The quantitative estimate of drug-likeness (QED) is 0.206. The van der Waals surface area contributed by atoms with Crippen molar-refractivity contribution in [2.75, 3.05) is 4.90 Å². The molecular weight excluding hydrogens is 550 g/mol. The number of fused-ring (bicyclic) bond motifs is 11. The van der Waals surface area contributed by atoms with Crippen molar-refractivity contribution in [3.63, 3.8) is 0 Å². The van der Waals surface area contributed by atoms with Crippen molar-refractivity contribution >= 4 is 60.9 Å². The smallest absolute Gasteiger partial charge is 0.178 e. The lowest BCUT2D eigenvalue weighted by molar-refractivity contribution is 0.669. The number of anilines is 3. The standard InChI is InChI=1S/C41H25N3O/c1-2-14-26(15-3-1)43-33-22-10-5-17-28(33)37-29-18-6-11-23-34(29)44(35-24-12-7-19-30(35)39(37)43)40-27-16-4-9-21-32(27)42-38-31-20-8-13-25-36(31)45-41(38)40/h1-25H. The first kappa shape index (κ1) is 24.3. The molecule has 3 aromatic heterocycles. The van der Waals surface area contributed by atoms with E-state index in [-0.39, 0.29) is 0 Å². The molecule has 0 fully saturated rings. The van der Waals surface area contributed by atoms with Gasteiger partial charge in [0.2, 0.25) is 0 Å². The molecule has 1 aliphatic heterocycles. The van der Waals surface area contributed by atoms with Crippen LogP contribution in [-0.4, -0.2) is 9.55 Å². The second kappa shape index (κ2) is 9.18. The van der Waals surface area contributed by atoms with E-state index in [1.807, 2.05) is 12.1 Å². The minimum atomic E-state index is 0.780. The van der Waals surface area contributed by atoms with Gasteiger partial charge in [-0.25, -0.2) is 4.98 Å². The van der Waals surface area contributed by atoms with Crippen LogP contribution in [0.2, 0.25) is 0 Å². The van der Waals surface area contributed by atoms with Gasteiger partial charge in [-0.15, -0.1) is 0 Å². The van der Waals surface area contributed by atoms with E-state index >= 15 is 0 Å². The van der Waals surface area contributed by atoms with E-state index in [1.54, 1.807) is 0 Å². The van der Waals surface area contributed by atoms with Gasteiger partial charge in [0.25, 0.3) is 0 Å². The SMILES string of the molecule is c1ccc(-n2c3c(c4ccccc42)-c2ccccc2N(c2c4ccccc4nc4c2oc2ccccc24)c2ccccc2-3)cc1. The van der Waals surface area contributed by atoms with Gasteiger partial charge in [0, 0.05) is 38.5 Å². The van der Waals surface area contributed by atoms with Crippen molar-refractivity contribution in [1.29, 1.82) is 0 Å². The predicted octanol–water partition coefficient (Wildman–Crippen LogP) is 11.2. The Kier molecular flexibility index (Phi) is 4.96. The third-order valence-electron chi connectivity index (χ3n) is 9.10. The molecular formula is C41H25N3O. The van der Waals surface area contributed by atoms with E-state index in [0.29, 0.717) is 0 Å². The van der Waals surface area contributed by atoms with Crippen molar-refractivity contribution < 1.29 is 4.42 Å². The van der Waals surface area contributed by atoms with Gasteiger partial charge in [-0.3, -0.25) is 0 Å². The molecule has 0 atom stereocenters. The Bertz CT molecular complexity index is 2610. The van der Waals surface area contributed by atoms with Crippen molar-refractivity contribution in [2.45, 2.75) is 0 Å². The van der Waals surface area contributed by atoms with Gasteiger partial charge in [-0.2, -0.15) is 0 Å². The van der Waals surface area contributed by atoms with E-state index in [1.165, 1.54) is 27.7 Å². The maximum absolute atomic E-state index is 6.73. The molecule has 0 amide bonds. The zero-order valence-electron chi connectivity index (χ0n) is 24.2. The fourth-order valence-electron chi connectivity index (χ4n) is 7.27. The lowest BCUT2D eigenvalue weighted by Gasteiger charge is -2.28. The Balaban J connectivity index is 1.42. The van der Waals surface area contributed by atoms with E-state index in [2.05, 4.69) is 149 Å². The molecule has 45 heavy (non-hydrogen) atoms. The van der Waals surface area contributed by atoms with Crippen LogP contribution < -0.4 is 4.90 Å². The zero-order chi connectivity index (χ0) is 29.5. The van der Waals surface area contributed by atoms with Crippen LogP contribution in [-0.2, 0) is 0 Å². The highest BCUT2D eigenvalue weighted by Gasteiger charge is 2.33. The zero-order valence-corrected chi connectivity index (χ0v) is 24.2. The molecule has 0 unspecified atom stereocenters. The molecule has 9 aromatic rings. The molecule has 6 aromatic carbocycles. The van der Waals surface area contributed by atoms with Crippen molar-refractivity contribution in [3.05, 3.63) is 152 Å². The molecule has 0 bridgehead atoms. The van der Waals surface area contributed by atoms with Gasteiger partial charge in [-0.1, -0.05) is 103 Å². The van der Waals surface area contributed by atoms with E-state index in [9.17, 15) is 0 Å². The monoisotopic (exact) mass is 575 g/mol. The Labute approximate surface area is 259 Å². The third kappa shape index (κ3) is 3.34. The van der Waals surface area contributed by atoms with Crippen LogP contribution in [0.4, 0.5) is 17.1 Å². The largest absolute Gasteiger partial charge is 0.452 e. The first-order valence-corrected chi connectivity index (χ1v) is 15.2. The van der Waals surface area contributed by atoms with Gasteiger partial charge in [0.05, 0.1) is 28.1 Å². The van der Waals surface area contributed by atoms with Gasteiger partial charge < -0.3 is 13.9 Å². The molecule has 210 valence electrons. The van der Waals surface area contributed by atoms with Crippen LogP contribution in [0, 0.1) is 0 Å². The number of para-hydroxylation sites is 6. The molecule has 0 aliphatic carbocycles. The minimum Gasteiger partial charge on any atom is -0.452 e. The van der Waals surface area contributed by atoms with Crippen LogP contribution in [0.5, 0.6) is 0 Å². The molecule has 0 saturated heterocycles. The number of aromatic nitrogens is 2. The van der Waals surface area contributed by atoms with E-state index < -0.39 is 0 Å². The summed E-state index contributed by atoms with van der Waals surface area (Å²) in [7, 11) is 0. The lowest BCUT2D eigenvalue weighted by atomic mass is 9.98. The highest BCUT2D eigenvalue weighted by molar-refractivity contribution is 6.19. The molecule has 0 saturated carbocycles. The number of hydrogen-bond acceptors (Lipinski definition) is 3. The maximum atomic E-state index is 6.73. The molecule has 4 nitrogen and oxygen atoms in total. The number of furan rings is 1.